The number of amides is 2. The number of rotatable bonds is 5. The molecule has 1 aliphatic heterocycles. The first-order valence-electron chi connectivity index (χ1n) is 11.9. The van der Waals surface area contributed by atoms with Gasteiger partial charge in [-0.2, -0.15) is 5.26 Å². The zero-order valence-electron chi connectivity index (χ0n) is 20.8. The second kappa shape index (κ2) is 10.9. The fourth-order valence-electron chi connectivity index (χ4n) is 4.32. The summed E-state index contributed by atoms with van der Waals surface area (Å²) in [7, 11) is 0. The van der Waals surface area contributed by atoms with Crippen LogP contribution in [0.4, 0.5) is 11.4 Å². The van der Waals surface area contributed by atoms with E-state index in [1.54, 1.807) is 47.4 Å². The van der Waals surface area contributed by atoms with Gasteiger partial charge in [0.05, 0.1) is 18.1 Å². The molecule has 2 atom stereocenters. The highest BCUT2D eigenvalue weighted by Gasteiger charge is 2.39. The summed E-state index contributed by atoms with van der Waals surface area (Å²) in [5.74, 6) is -0.736. The van der Waals surface area contributed by atoms with Crippen LogP contribution in [0.25, 0.3) is 0 Å². The number of hydrogen-bond donors (Lipinski definition) is 1. The van der Waals surface area contributed by atoms with Gasteiger partial charge in [-0.15, -0.1) is 0 Å². The Bertz CT molecular complexity index is 1380. The first-order valence-corrected chi connectivity index (χ1v) is 12.6. The predicted octanol–water partition coefficient (Wildman–Crippen LogP) is 6.76. The first kappa shape index (κ1) is 26.7. The van der Waals surface area contributed by atoms with Crippen LogP contribution in [0.1, 0.15) is 50.0 Å². The van der Waals surface area contributed by atoms with Crippen molar-refractivity contribution in [3.63, 3.8) is 0 Å². The quantitative estimate of drug-likeness (QED) is 0.391. The van der Waals surface area contributed by atoms with Gasteiger partial charge in [0.1, 0.15) is 12.2 Å². The first-order chi connectivity index (χ1) is 17.6. The number of benzene rings is 3. The molecular weight excluding hydrogens is 509 g/mol. The van der Waals surface area contributed by atoms with Crippen molar-refractivity contribution >= 4 is 46.4 Å². The van der Waals surface area contributed by atoms with Gasteiger partial charge in [-0.1, -0.05) is 68.2 Å². The molecule has 0 bridgehead atoms. The van der Waals surface area contributed by atoms with Crippen LogP contribution < -0.4 is 10.2 Å². The fraction of sp³-hybridized carbons (Fsp3) is 0.276. The summed E-state index contributed by atoms with van der Waals surface area (Å²) >= 11 is 13.0. The minimum atomic E-state index is -1.09. The van der Waals surface area contributed by atoms with Crippen molar-refractivity contribution in [2.75, 3.05) is 16.8 Å². The van der Waals surface area contributed by atoms with E-state index in [2.05, 4.69) is 5.32 Å². The fourth-order valence-corrected chi connectivity index (χ4v) is 4.73. The molecule has 1 aliphatic rings. The van der Waals surface area contributed by atoms with E-state index in [0.29, 0.717) is 44.7 Å². The molecule has 3 aromatic rings. The topological polar surface area (TPSA) is 82.4 Å². The van der Waals surface area contributed by atoms with Crippen LogP contribution in [0.5, 0.6) is 0 Å². The lowest BCUT2D eigenvalue weighted by molar-refractivity contribution is -0.136. The van der Waals surface area contributed by atoms with E-state index in [0.717, 1.165) is 0 Å². The molecule has 2 amide bonds. The smallest absolute Gasteiger partial charge is 0.256 e. The van der Waals surface area contributed by atoms with Crippen LogP contribution in [0, 0.1) is 16.7 Å². The van der Waals surface area contributed by atoms with E-state index in [9.17, 15) is 9.59 Å². The molecule has 4 rings (SSSR count). The molecule has 0 aliphatic carbocycles. The van der Waals surface area contributed by atoms with Crippen molar-refractivity contribution in [1.82, 2.24) is 0 Å². The number of fused-ring (bicyclic) bond motifs is 1. The monoisotopic (exact) mass is 535 g/mol. The Hall–Kier alpha value is -3.37. The Morgan fingerprint density at radius 1 is 1.05 bits per heavy atom. The van der Waals surface area contributed by atoms with Gasteiger partial charge in [-0.25, -0.2) is 0 Å². The summed E-state index contributed by atoms with van der Waals surface area (Å²) in [6, 6.07) is 21.2. The summed E-state index contributed by atoms with van der Waals surface area (Å²) in [6.07, 6.45) is -2.04. The molecule has 1 N–H and O–H groups in total. The number of nitrogens with one attached hydrogen (secondary N) is 1. The highest BCUT2D eigenvalue weighted by molar-refractivity contribution is 6.31. The molecule has 3 aromatic carbocycles. The molecule has 0 saturated heterocycles. The molecule has 37 heavy (non-hydrogen) atoms. The number of ether oxygens (including phenoxy) is 1. The molecule has 0 aromatic heterocycles. The summed E-state index contributed by atoms with van der Waals surface area (Å²) in [5, 5.41) is 12.9. The van der Waals surface area contributed by atoms with Gasteiger partial charge in [0.2, 0.25) is 5.91 Å². The van der Waals surface area contributed by atoms with Gasteiger partial charge in [0, 0.05) is 39.1 Å². The molecule has 0 saturated carbocycles. The maximum absolute atomic E-state index is 13.9. The Balaban J connectivity index is 1.75. The molecule has 0 radical (unpaired) electrons. The number of hydrogen-bond acceptors (Lipinski definition) is 4. The zero-order chi connectivity index (χ0) is 26.7. The van der Waals surface area contributed by atoms with Crippen molar-refractivity contribution in [1.29, 1.82) is 5.26 Å². The number of carbonyl (C=O) groups is 2. The normalized spacial score (nSPS) is 17.5. The third-order valence-electron chi connectivity index (χ3n) is 5.87. The molecule has 0 unspecified atom stereocenters. The van der Waals surface area contributed by atoms with Gasteiger partial charge >= 0.3 is 0 Å². The summed E-state index contributed by atoms with van der Waals surface area (Å²) in [4.78, 5) is 28.7. The van der Waals surface area contributed by atoms with Gasteiger partial charge in [-0.05, 0) is 47.9 Å². The lowest BCUT2D eigenvalue weighted by Gasteiger charge is -2.31. The van der Waals surface area contributed by atoms with E-state index in [4.69, 9.17) is 33.2 Å². The zero-order valence-corrected chi connectivity index (χ0v) is 22.3. The Kier molecular flexibility index (Phi) is 7.89. The largest absolute Gasteiger partial charge is 0.355 e. The lowest BCUT2D eigenvalue weighted by Crippen LogP contribution is -2.44. The number of carbonyl (C=O) groups excluding carboxylic acids is 2. The second-order valence-electron chi connectivity index (χ2n) is 10.2. The number of nitrogens with zero attached hydrogens (tertiary/aromatic N) is 2. The number of halogens is 2. The second-order valence-corrected chi connectivity index (χ2v) is 11.0. The van der Waals surface area contributed by atoms with E-state index < -0.39 is 18.1 Å². The summed E-state index contributed by atoms with van der Waals surface area (Å²) in [5.41, 5.74) is 2.69. The maximum atomic E-state index is 13.9. The van der Waals surface area contributed by atoms with Crippen molar-refractivity contribution in [3.05, 3.63) is 93.5 Å². The minimum absolute atomic E-state index is 0.223. The standard InChI is InChI=1S/C29H27Cl2N3O3/c1-29(2,3)17-34-24-12-11-19(30)14-22(24)27(21-9-4-5-10-23(21)31)37-25(28(34)36)15-26(35)33-20-8-6-7-18(13-20)16-32/h4-14,25,27H,15,17H2,1-3H3,(H,33,35)/t25-,27-/m1/s1. The van der Waals surface area contributed by atoms with Crippen LogP contribution in [0.3, 0.4) is 0 Å². The summed E-state index contributed by atoms with van der Waals surface area (Å²) in [6.45, 7) is 6.52. The van der Waals surface area contributed by atoms with Crippen LogP contribution in [0.15, 0.2) is 66.7 Å². The Labute approximate surface area is 226 Å². The highest BCUT2D eigenvalue weighted by Crippen LogP contribution is 2.42. The van der Waals surface area contributed by atoms with Crippen molar-refractivity contribution in [3.8, 4) is 6.07 Å². The van der Waals surface area contributed by atoms with E-state index >= 15 is 0 Å². The molecule has 6 nitrogen and oxygen atoms in total. The van der Waals surface area contributed by atoms with Crippen LogP contribution in [-0.2, 0) is 14.3 Å². The van der Waals surface area contributed by atoms with Crippen LogP contribution in [0.2, 0.25) is 10.0 Å². The third-order valence-corrected chi connectivity index (χ3v) is 6.45. The number of nitriles is 1. The third kappa shape index (κ3) is 6.31. The average molecular weight is 536 g/mol. The molecule has 190 valence electrons. The maximum Gasteiger partial charge on any atom is 0.256 e. The van der Waals surface area contributed by atoms with Gasteiger partial charge in [0.25, 0.3) is 5.91 Å². The van der Waals surface area contributed by atoms with Crippen molar-refractivity contribution in [2.45, 2.75) is 39.4 Å². The van der Waals surface area contributed by atoms with E-state index in [-0.39, 0.29) is 17.7 Å². The number of anilines is 2. The Morgan fingerprint density at radius 2 is 1.81 bits per heavy atom. The minimum Gasteiger partial charge on any atom is -0.355 e. The highest BCUT2D eigenvalue weighted by atomic mass is 35.5. The van der Waals surface area contributed by atoms with Crippen LogP contribution >= 0.6 is 23.2 Å². The Morgan fingerprint density at radius 3 is 2.51 bits per heavy atom. The van der Waals surface area contributed by atoms with Gasteiger partial charge in [0.15, 0.2) is 0 Å². The molecule has 0 fully saturated rings. The molecule has 8 heteroatoms. The molecule has 0 spiro atoms. The molecular formula is C29H27Cl2N3O3. The van der Waals surface area contributed by atoms with Crippen LogP contribution in [-0.4, -0.2) is 24.5 Å². The van der Waals surface area contributed by atoms with Gasteiger partial charge in [-0.3, -0.25) is 9.59 Å². The molecule has 1 heterocycles. The SMILES string of the molecule is CC(C)(C)CN1C(=O)[C@@H](CC(=O)Nc2cccc(C#N)c2)O[C@H](c2ccccc2Cl)c2cc(Cl)ccc21. The van der Waals surface area contributed by atoms with E-state index in [1.165, 1.54) is 0 Å². The average Bonchev–Trinajstić information content (AvgIpc) is 2.94. The lowest BCUT2D eigenvalue weighted by atomic mass is 9.94. The van der Waals surface area contributed by atoms with Crippen molar-refractivity contribution < 1.29 is 14.3 Å². The predicted molar refractivity (Wildman–Crippen MR) is 146 cm³/mol. The van der Waals surface area contributed by atoms with Gasteiger partial charge < -0.3 is 15.0 Å². The summed E-state index contributed by atoms with van der Waals surface area (Å²) < 4.78 is 6.42. The van der Waals surface area contributed by atoms with Crippen molar-refractivity contribution in [2.24, 2.45) is 5.41 Å². The van der Waals surface area contributed by atoms with E-state index in [1.807, 2.05) is 51.1 Å².